The molecule has 0 saturated heterocycles. The van der Waals surface area contributed by atoms with Crippen molar-refractivity contribution in [1.82, 2.24) is 0 Å². The number of hydrogen-bond acceptors (Lipinski definition) is 4. The molecule has 7 nitrogen and oxygen atoms in total. The number of amides is 2. The number of anilines is 2. The number of sulfonamides is 1. The van der Waals surface area contributed by atoms with E-state index >= 15 is 0 Å². The van der Waals surface area contributed by atoms with Crippen LogP contribution < -0.4 is 15.8 Å². The molecule has 0 aliphatic heterocycles. The van der Waals surface area contributed by atoms with Crippen molar-refractivity contribution in [3.05, 3.63) is 89.5 Å². The molecule has 0 unspecified atom stereocenters. The van der Waals surface area contributed by atoms with E-state index in [9.17, 15) is 18.0 Å². The lowest BCUT2D eigenvalue weighted by atomic mass is 10.1. The second kappa shape index (κ2) is 8.15. The van der Waals surface area contributed by atoms with E-state index in [0.29, 0.717) is 28.1 Å². The SMILES string of the molecule is Cc1c(NC(=O)c2ccc(NS(=O)(=O)c3ccccc3)cc2)cccc1C(N)=O. The van der Waals surface area contributed by atoms with E-state index < -0.39 is 21.8 Å². The number of nitrogens with one attached hydrogen (secondary N) is 2. The molecule has 0 aliphatic rings. The van der Waals surface area contributed by atoms with Crippen LogP contribution in [-0.2, 0) is 10.0 Å². The normalized spacial score (nSPS) is 10.9. The first kappa shape index (κ1) is 20.1. The number of carbonyl (C=O) groups excluding carboxylic acids is 2. The highest BCUT2D eigenvalue weighted by atomic mass is 32.2. The maximum Gasteiger partial charge on any atom is 0.261 e. The molecular formula is C21H19N3O4S. The van der Waals surface area contributed by atoms with E-state index in [0.717, 1.165) is 0 Å². The fourth-order valence-corrected chi connectivity index (χ4v) is 3.82. The number of rotatable bonds is 6. The molecule has 3 rings (SSSR count). The number of primary amides is 1. The van der Waals surface area contributed by atoms with Crippen LogP contribution in [0.1, 0.15) is 26.3 Å². The van der Waals surface area contributed by atoms with Gasteiger partial charge in [-0.05, 0) is 61.0 Å². The third-order valence-corrected chi connectivity index (χ3v) is 5.70. The fraction of sp³-hybridized carbons (Fsp3) is 0.0476. The molecule has 0 bridgehead atoms. The second-order valence-corrected chi connectivity index (χ2v) is 7.97. The van der Waals surface area contributed by atoms with Gasteiger partial charge in [-0.25, -0.2) is 8.42 Å². The average Bonchev–Trinajstić information content (AvgIpc) is 2.70. The highest BCUT2D eigenvalue weighted by molar-refractivity contribution is 7.92. The van der Waals surface area contributed by atoms with Gasteiger partial charge < -0.3 is 11.1 Å². The zero-order valence-corrected chi connectivity index (χ0v) is 16.4. The summed E-state index contributed by atoms with van der Waals surface area (Å²) in [6, 6.07) is 18.9. The van der Waals surface area contributed by atoms with Crippen molar-refractivity contribution in [2.24, 2.45) is 5.73 Å². The zero-order chi connectivity index (χ0) is 21.0. The Morgan fingerprint density at radius 3 is 2.14 bits per heavy atom. The van der Waals surface area contributed by atoms with Crippen LogP contribution in [0.2, 0.25) is 0 Å². The van der Waals surface area contributed by atoms with Gasteiger partial charge in [-0.3, -0.25) is 14.3 Å². The van der Waals surface area contributed by atoms with E-state index in [1.165, 1.54) is 36.4 Å². The van der Waals surface area contributed by atoms with Crippen molar-refractivity contribution in [3.8, 4) is 0 Å². The van der Waals surface area contributed by atoms with Crippen LogP contribution in [-0.4, -0.2) is 20.2 Å². The van der Waals surface area contributed by atoms with E-state index in [1.807, 2.05) is 0 Å². The molecule has 3 aromatic carbocycles. The Hall–Kier alpha value is -3.65. The molecule has 0 aliphatic carbocycles. The maximum absolute atomic E-state index is 12.5. The smallest absolute Gasteiger partial charge is 0.261 e. The summed E-state index contributed by atoms with van der Waals surface area (Å²) in [6.45, 7) is 1.69. The number of benzene rings is 3. The van der Waals surface area contributed by atoms with Crippen molar-refractivity contribution in [3.63, 3.8) is 0 Å². The first-order chi connectivity index (χ1) is 13.8. The minimum atomic E-state index is -3.71. The van der Waals surface area contributed by atoms with Crippen molar-refractivity contribution in [1.29, 1.82) is 0 Å². The molecule has 0 radical (unpaired) electrons. The molecule has 0 atom stereocenters. The Morgan fingerprint density at radius 1 is 0.862 bits per heavy atom. The summed E-state index contributed by atoms with van der Waals surface area (Å²) in [5, 5.41) is 2.73. The Kier molecular flexibility index (Phi) is 5.65. The summed E-state index contributed by atoms with van der Waals surface area (Å²) in [5.41, 5.74) is 7.36. The molecule has 148 valence electrons. The van der Waals surface area contributed by atoms with Gasteiger partial charge in [0.1, 0.15) is 0 Å². The van der Waals surface area contributed by atoms with Gasteiger partial charge in [-0.1, -0.05) is 24.3 Å². The van der Waals surface area contributed by atoms with Gasteiger partial charge in [0.05, 0.1) is 4.90 Å². The fourth-order valence-electron chi connectivity index (χ4n) is 2.74. The molecule has 29 heavy (non-hydrogen) atoms. The van der Waals surface area contributed by atoms with Crippen LogP contribution in [0.15, 0.2) is 77.7 Å². The number of nitrogens with two attached hydrogens (primary N) is 1. The van der Waals surface area contributed by atoms with Gasteiger partial charge in [-0.15, -0.1) is 0 Å². The largest absolute Gasteiger partial charge is 0.366 e. The van der Waals surface area contributed by atoms with Crippen LogP contribution in [0.25, 0.3) is 0 Å². The summed E-state index contributed by atoms with van der Waals surface area (Å²) in [6.07, 6.45) is 0. The molecule has 0 fully saturated rings. The standard InChI is InChI=1S/C21H19N3O4S/c1-14-18(20(22)25)8-5-9-19(14)23-21(26)15-10-12-16(13-11-15)24-29(27,28)17-6-3-2-4-7-17/h2-13,24H,1H3,(H2,22,25)(H,23,26). The van der Waals surface area contributed by atoms with Gasteiger partial charge >= 0.3 is 0 Å². The summed E-state index contributed by atoms with van der Waals surface area (Å²) < 4.78 is 27.2. The van der Waals surface area contributed by atoms with Gasteiger partial charge in [0, 0.05) is 22.5 Å². The Morgan fingerprint density at radius 2 is 1.52 bits per heavy atom. The van der Waals surface area contributed by atoms with E-state index in [1.54, 1.807) is 43.3 Å². The summed E-state index contributed by atoms with van der Waals surface area (Å²) in [5.74, 6) is -0.971. The van der Waals surface area contributed by atoms with Crippen molar-refractivity contribution in [2.75, 3.05) is 10.0 Å². The first-order valence-electron chi connectivity index (χ1n) is 8.66. The molecule has 3 aromatic rings. The minimum absolute atomic E-state index is 0.145. The van der Waals surface area contributed by atoms with Crippen LogP contribution in [0.3, 0.4) is 0 Å². The zero-order valence-electron chi connectivity index (χ0n) is 15.5. The summed E-state index contributed by atoms with van der Waals surface area (Å²) in [4.78, 5) is 24.1. The van der Waals surface area contributed by atoms with Crippen molar-refractivity contribution in [2.45, 2.75) is 11.8 Å². The molecule has 0 saturated carbocycles. The Labute approximate surface area is 168 Å². The van der Waals surface area contributed by atoms with Gasteiger partial charge in [0.2, 0.25) is 5.91 Å². The van der Waals surface area contributed by atoms with Gasteiger partial charge in [-0.2, -0.15) is 0 Å². The van der Waals surface area contributed by atoms with Gasteiger partial charge in [0.15, 0.2) is 0 Å². The predicted octanol–water partition coefficient (Wildman–Crippen LogP) is 3.15. The quantitative estimate of drug-likeness (QED) is 0.579. The lowest BCUT2D eigenvalue weighted by Gasteiger charge is -2.12. The molecule has 4 N–H and O–H groups in total. The maximum atomic E-state index is 12.5. The topological polar surface area (TPSA) is 118 Å². The van der Waals surface area contributed by atoms with E-state index in [4.69, 9.17) is 5.73 Å². The van der Waals surface area contributed by atoms with Crippen molar-refractivity contribution >= 4 is 33.2 Å². The lowest BCUT2D eigenvalue weighted by Crippen LogP contribution is -2.17. The van der Waals surface area contributed by atoms with Crippen LogP contribution in [0.5, 0.6) is 0 Å². The first-order valence-corrected chi connectivity index (χ1v) is 10.1. The molecule has 2 amide bonds. The number of carbonyl (C=O) groups is 2. The number of hydrogen-bond donors (Lipinski definition) is 3. The van der Waals surface area contributed by atoms with E-state index in [-0.39, 0.29) is 4.90 Å². The lowest BCUT2D eigenvalue weighted by molar-refractivity contribution is 0.0995. The van der Waals surface area contributed by atoms with Crippen LogP contribution in [0.4, 0.5) is 11.4 Å². The predicted molar refractivity (Wildman–Crippen MR) is 111 cm³/mol. The Bertz CT molecular complexity index is 1160. The molecule has 8 heteroatoms. The molecular weight excluding hydrogens is 390 g/mol. The summed E-state index contributed by atoms with van der Waals surface area (Å²) in [7, 11) is -3.71. The molecule has 0 aromatic heterocycles. The Balaban J connectivity index is 1.75. The highest BCUT2D eigenvalue weighted by Crippen LogP contribution is 2.21. The van der Waals surface area contributed by atoms with Gasteiger partial charge in [0.25, 0.3) is 15.9 Å². The summed E-state index contributed by atoms with van der Waals surface area (Å²) >= 11 is 0. The molecule has 0 heterocycles. The molecule has 0 spiro atoms. The van der Waals surface area contributed by atoms with Crippen molar-refractivity contribution < 1.29 is 18.0 Å². The minimum Gasteiger partial charge on any atom is -0.366 e. The monoisotopic (exact) mass is 409 g/mol. The van der Waals surface area contributed by atoms with Crippen LogP contribution >= 0.6 is 0 Å². The average molecular weight is 409 g/mol. The van der Waals surface area contributed by atoms with E-state index in [2.05, 4.69) is 10.0 Å². The third-order valence-electron chi connectivity index (χ3n) is 4.30. The van der Waals surface area contributed by atoms with Crippen LogP contribution in [0, 0.1) is 6.92 Å². The third kappa shape index (κ3) is 4.61. The highest BCUT2D eigenvalue weighted by Gasteiger charge is 2.15. The second-order valence-electron chi connectivity index (χ2n) is 6.29.